The molecule has 1 fully saturated rings. The van der Waals surface area contributed by atoms with E-state index in [4.69, 9.17) is 9.47 Å². The Kier molecular flexibility index (Phi) is 6.00. The molecule has 1 atom stereocenters. The predicted molar refractivity (Wildman–Crippen MR) is 116 cm³/mol. The molecule has 4 rings (SSSR count). The molecular weight excluding hydrogens is 396 g/mol. The molecule has 2 aliphatic rings. The quantitative estimate of drug-likeness (QED) is 0.767. The first kappa shape index (κ1) is 21.4. The largest absolute Gasteiger partial charge is 0.487 e. The maximum Gasteiger partial charge on any atom is 0.224 e. The van der Waals surface area contributed by atoms with E-state index in [1.807, 2.05) is 45.2 Å². The van der Waals surface area contributed by atoms with E-state index in [0.717, 1.165) is 35.5 Å². The average Bonchev–Trinajstić information content (AvgIpc) is 2.99. The minimum absolute atomic E-state index is 0.115. The molecule has 0 aliphatic carbocycles. The van der Waals surface area contributed by atoms with E-state index < -0.39 is 0 Å². The molecule has 31 heavy (non-hydrogen) atoms. The highest BCUT2D eigenvalue weighted by atomic mass is 16.5. The van der Waals surface area contributed by atoms with Gasteiger partial charge in [-0.15, -0.1) is 0 Å². The van der Waals surface area contributed by atoms with E-state index in [-0.39, 0.29) is 36.3 Å². The number of hydrogen-bond donors (Lipinski definition) is 2. The zero-order chi connectivity index (χ0) is 22.0. The number of nitrogens with zero attached hydrogens (tertiary/aromatic N) is 2. The van der Waals surface area contributed by atoms with Gasteiger partial charge in [0.05, 0.1) is 36.3 Å². The molecule has 1 saturated heterocycles. The summed E-state index contributed by atoms with van der Waals surface area (Å²) in [7, 11) is 1.84. The van der Waals surface area contributed by atoms with Gasteiger partial charge in [-0.25, -0.2) is 0 Å². The normalized spacial score (nSPS) is 19.4. The molecule has 0 saturated carbocycles. The summed E-state index contributed by atoms with van der Waals surface area (Å²) in [4.78, 5) is 25.1. The summed E-state index contributed by atoms with van der Waals surface area (Å²) in [6.07, 6.45) is 2.56. The van der Waals surface area contributed by atoms with Gasteiger partial charge < -0.3 is 20.1 Å². The number of fused-ring (bicyclic) bond motifs is 1. The van der Waals surface area contributed by atoms with E-state index >= 15 is 0 Å². The molecule has 1 spiro atoms. The van der Waals surface area contributed by atoms with Gasteiger partial charge in [-0.3, -0.25) is 14.3 Å². The Morgan fingerprint density at radius 1 is 1.16 bits per heavy atom. The molecule has 8 nitrogen and oxygen atoms in total. The fraction of sp³-hybridized carbons (Fsp3) is 0.522. The first-order chi connectivity index (χ1) is 14.9. The fourth-order valence-electron chi connectivity index (χ4n) is 4.45. The summed E-state index contributed by atoms with van der Waals surface area (Å²) >= 11 is 0. The van der Waals surface area contributed by atoms with Crippen LogP contribution in [0.5, 0.6) is 5.75 Å². The maximum absolute atomic E-state index is 12.7. The maximum atomic E-state index is 12.7. The second-order valence-corrected chi connectivity index (χ2v) is 8.48. The van der Waals surface area contributed by atoms with Crippen LogP contribution in [0.3, 0.4) is 0 Å². The van der Waals surface area contributed by atoms with Crippen molar-refractivity contribution in [3.05, 3.63) is 41.2 Å². The number of amides is 2. The van der Waals surface area contributed by atoms with E-state index in [9.17, 15) is 9.59 Å². The van der Waals surface area contributed by atoms with Crippen LogP contribution in [0.2, 0.25) is 0 Å². The second kappa shape index (κ2) is 8.70. The van der Waals surface area contributed by atoms with Crippen molar-refractivity contribution in [2.24, 2.45) is 7.05 Å². The first-order valence-corrected chi connectivity index (χ1v) is 10.8. The van der Waals surface area contributed by atoms with Crippen LogP contribution >= 0.6 is 0 Å². The highest BCUT2D eigenvalue weighted by Crippen LogP contribution is 2.43. The van der Waals surface area contributed by atoms with Crippen LogP contribution in [0.15, 0.2) is 24.3 Å². The number of anilines is 1. The summed E-state index contributed by atoms with van der Waals surface area (Å²) < 4.78 is 13.6. The number of benzene rings is 1. The van der Waals surface area contributed by atoms with Crippen LogP contribution in [0.1, 0.15) is 55.1 Å². The number of aromatic nitrogens is 2. The Morgan fingerprint density at radius 3 is 2.58 bits per heavy atom. The molecule has 2 aromatic rings. The second-order valence-electron chi connectivity index (χ2n) is 8.48. The lowest BCUT2D eigenvalue weighted by molar-refractivity contribution is -0.126. The summed E-state index contributed by atoms with van der Waals surface area (Å²) in [6.45, 7) is 5.08. The van der Waals surface area contributed by atoms with Gasteiger partial charge in [-0.1, -0.05) is 18.2 Å². The molecule has 1 aromatic heterocycles. The Morgan fingerprint density at radius 2 is 1.87 bits per heavy atom. The standard InChI is InChI=1S/C23H30N4O4/c1-15-22(16(2)27(3)26-15)25-21(29)9-8-20(28)24-18-14-23(10-12-30-13-11-23)31-19-7-5-4-6-17(18)19/h4-7,18H,8-14H2,1-3H3,(H,24,28)(H,25,29). The minimum atomic E-state index is -0.308. The van der Waals surface area contributed by atoms with E-state index in [1.54, 1.807) is 4.68 Å². The van der Waals surface area contributed by atoms with E-state index in [1.165, 1.54) is 0 Å². The summed E-state index contributed by atoms with van der Waals surface area (Å²) in [6, 6.07) is 7.71. The molecule has 166 valence electrons. The lowest BCUT2D eigenvalue weighted by atomic mass is 9.82. The molecule has 1 aromatic carbocycles. The van der Waals surface area contributed by atoms with Crippen LogP contribution in [-0.4, -0.2) is 40.4 Å². The average molecular weight is 427 g/mol. The minimum Gasteiger partial charge on any atom is -0.487 e. The number of rotatable bonds is 5. The van der Waals surface area contributed by atoms with Gasteiger partial charge in [-0.05, 0) is 19.9 Å². The first-order valence-electron chi connectivity index (χ1n) is 10.8. The number of hydrogen-bond acceptors (Lipinski definition) is 5. The molecule has 2 N–H and O–H groups in total. The van der Waals surface area contributed by atoms with E-state index in [0.29, 0.717) is 25.3 Å². The van der Waals surface area contributed by atoms with Crippen molar-refractivity contribution >= 4 is 17.5 Å². The summed E-state index contributed by atoms with van der Waals surface area (Å²) in [5, 5.41) is 10.3. The molecule has 8 heteroatoms. The van der Waals surface area contributed by atoms with Gasteiger partial charge in [0.1, 0.15) is 11.4 Å². The SMILES string of the molecule is Cc1nn(C)c(C)c1NC(=O)CCC(=O)NC1CC2(CCOCC2)Oc2ccccc21. The van der Waals surface area contributed by atoms with Crippen LogP contribution < -0.4 is 15.4 Å². The Labute approximate surface area is 182 Å². The molecule has 2 aliphatic heterocycles. The number of para-hydroxylation sites is 1. The molecule has 1 unspecified atom stereocenters. The summed E-state index contributed by atoms with van der Waals surface area (Å²) in [5.41, 5.74) is 3.04. The zero-order valence-electron chi connectivity index (χ0n) is 18.4. The third-order valence-corrected chi connectivity index (χ3v) is 6.29. The van der Waals surface area contributed by atoms with Crippen LogP contribution in [0.25, 0.3) is 0 Å². The molecular formula is C23H30N4O4. The lowest BCUT2D eigenvalue weighted by Crippen LogP contribution is -2.48. The Hall–Kier alpha value is -2.87. The highest BCUT2D eigenvalue weighted by Gasteiger charge is 2.42. The van der Waals surface area contributed by atoms with Crippen molar-refractivity contribution in [2.45, 2.75) is 57.6 Å². The fourth-order valence-corrected chi connectivity index (χ4v) is 4.45. The van der Waals surface area contributed by atoms with Gasteiger partial charge in [0.25, 0.3) is 0 Å². The van der Waals surface area contributed by atoms with Gasteiger partial charge in [0.15, 0.2) is 0 Å². The van der Waals surface area contributed by atoms with Crippen molar-refractivity contribution in [1.29, 1.82) is 0 Å². The monoisotopic (exact) mass is 426 g/mol. The van der Waals surface area contributed by atoms with Crippen molar-refractivity contribution < 1.29 is 19.1 Å². The topological polar surface area (TPSA) is 94.5 Å². The third-order valence-electron chi connectivity index (χ3n) is 6.29. The number of nitrogens with one attached hydrogen (secondary N) is 2. The zero-order valence-corrected chi connectivity index (χ0v) is 18.4. The number of carbonyl (C=O) groups is 2. The van der Waals surface area contributed by atoms with Gasteiger partial charge in [0, 0.05) is 44.7 Å². The van der Waals surface area contributed by atoms with Gasteiger partial charge >= 0.3 is 0 Å². The van der Waals surface area contributed by atoms with Gasteiger partial charge in [-0.2, -0.15) is 5.10 Å². The molecule has 0 radical (unpaired) electrons. The molecule has 2 amide bonds. The van der Waals surface area contributed by atoms with Crippen molar-refractivity contribution in [3.8, 4) is 5.75 Å². The predicted octanol–water partition coefficient (Wildman–Crippen LogP) is 2.94. The summed E-state index contributed by atoms with van der Waals surface area (Å²) in [5.74, 6) is 0.488. The molecule has 3 heterocycles. The van der Waals surface area contributed by atoms with Crippen LogP contribution in [-0.2, 0) is 21.4 Å². The Bertz CT molecular complexity index is 978. The van der Waals surface area contributed by atoms with Crippen LogP contribution in [0, 0.1) is 13.8 Å². The highest BCUT2D eigenvalue weighted by molar-refractivity contribution is 5.94. The third kappa shape index (κ3) is 4.58. The van der Waals surface area contributed by atoms with Crippen molar-refractivity contribution in [3.63, 3.8) is 0 Å². The smallest absolute Gasteiger partial charge is 0.224 e. The van der Waals surface area contributed by atoms with Gasteiger partial charge in [0.2, 0.25) is 11.8 Å². The molecule has 0 bridgehead atoms. The number of aryl methyl sites for hydroxylation is 2. The van der Waals surface area contributed by atoms with Crippen molar-refractivity contribution in [2.75, 3.05) is 18.5 Å². The van der Waals surface area contributed by atoms with Crippen LogP contribution in [0.4, 0.5) is 5.69 Å². The number of carbonyl (C=O) groups excluding carboxylic acids is 2. The lowest BCUT2D eigenvalue weighted by Gasteiger charge is -2.44. The number of ether oxygens (including phenoxy) is 2. The van der Waals surface area contributed by atoms with E-state index in [2.05, 4.69) is 15.7 Å². The van der Waals surface area contributed by atoms with Crippen molar-refractivity contribution in [1.82, 2.24) is 15.1 Å². The Balaban J connectivity index is 1.38.